The lowest BCUT2D eigenvalue weighted by molar-refractivity contribution is -0.128. The van der Waals surface area contributed by atoms with Crippen molar-refractivity contribution >= 4 is 5.91 Å². The third-order valence-corrected chi connectivity index (χ3v) is 4.33. The van der Waals surface area contributed by atoms with Gasteiger partial charge in [-0.05, 0) is 69.0 Å². The first-order chi connectivity index (χ1) is 13.3. The molecule has 5 heteroatoms. The average Bonchev–Trinajstić information content (AvgIpc) is 2.67. The summed E-state index contributed by atoms with van der Waals surface area (Å²) in [5.74, 6) is 1.96. The molecule has 1 amide bonds. The molecule has 0 saturated carbocycles. The molecule has 0 fully saturated rings. The minimum absolute atomic E-state index is 0.0620. The van der Waals surface area contributed by atoms with Crippen LogP contribution in [0.5, 0.6) is 17.2 Å². The molecule has 0 saturated heterocycles. The Morgan fingerprint density at radius 3 is 2.39 bits per heavy atom. The van der Waals surface area contributed by atoms with Crippen molar-refractivity contribution in [3.8, 4) is 17.2 Å². The Kier molecular flexibility index (Phi) is 7.73. The lowest BCUT2D eigenvalue weighted by atomic mass is 10.1. The Morgan fingerprint density at radius 2 is 1.75 bits per heavy atom. The van der Waals surface area contributed by atoms with Crippen molar-refractivity contribution in [2.24, 2.45) is 0 Å². The van der Waals surface area contributed by atoms with E-state index in [9.17, 15) is 4.79 Å². The highest BCUT2D eigenvalue weighted by molar-refractivity contribution is 5.81. The second-order valence-electron chi connectivity index (χ2n) is 7.15. The van der Waals surface area contributed by atoms with Gasteiger partial charge in [0.25, 0.3) is 5.91 Å². The molecule has 0 bridgehead atoms. The van der Waals surface area contributed by atoms with Gasteiger partial charge in [-0.15, -0.1) is 0 Å². The van der Waals surface area contributed by atoms with Gasteiger partial charge in [-0.25, -0.2) is 0 Å². The Bertz CT molecular complexity index is 801. The number of amides is 1. The van der Waals surface area contributed by atoms with Crippen LogP contribution in [0.15, 0.2) is 36.4 Å². The number of nitrogens with one attached hydrogen (secondary N) is 1. The van der Waals surface area contributed by atoms with E-state index in [2.05, 4.69) is 5.32 Å². The second-order valence-corrected chi connectivity index (χ2v) is 7.15. The third-order valence-electron chi connectivity index (χ3n) is 4.33. The standard InChI is InChI=1S/C23H31NO4/c1-7-19(28-21-12-16(4)8-9-17(21)5)23(25)24-14-18-10-11-20(27-15(2)3)22(13-18)26-6/h8-13,15,19H,7,14H2,1-6H3,(H,24,25)/t19-/m1/s1. The Hall–Kier alpha value is -2.69. The summed E-state index contributed by atoms with van der Waals surface area (Å²) in [6.45, 7) is 10.3. The number of methoxy groups -OCH3 is 1. The van der Waals surface area contributed by atoms with E-state index in [1.807, 2.05) is 71.0 Å². The fraction of sp³-hybridized carbons (Fsp3) is 0.435. The van der Waals surface area contributed by atoms with Crippen LogP contribution in [0.3, 0.4) is 0 Å². The van der Waals surface area contributed by atoms with Gasteiger partial charge in [0.05, 0.1) is 13.2 Å². The fourth-order valence-electron chi connectivity index (χ4n) is 2.79. The van der Waals surface area contributed by atoms with Crippen LogP contribution in [0.25, 0.3) is 0 Å². The molecule has 0 heterocycles. The molecule has 28 heavy (non-hydrogen) atoms. The normalized spacial score (nSPS) is 11.8. The number of rotatable bonds is 9. The Morgan fingerprint density at radius 1 is 1.00 bits per heavy atom. The topological polar surface area (TPSA) is 56.8 Å². The van der Waals surface area contributed by atoms with Crippen molar-refractivity contribution in [1.82, 2.24) is 5.32 Å². The zero-order valence-electron chi connectivity index (χ0n) is 17.7. The molecule has 2 aromatic carbocycles. The molecule has 1 atom stereocenters. The molecule has 2 aromatic rings. The van der Waals surface area contributed by atoms with Crippen LogP contribution in [0.1, 0.15) is 43.9 Å². The number of carbonyl (C=O) groups is 1. The maximum absolute atomic E-state index is 12.6. The van der Waals surface area contributed by atoms with E-state index in [4.69, 9.17) is 14.2 Å². The summed E-state index contributed by atoms with van der Waals surface area (Å²) >= 11 is 0. The summed E-state index contributed by atoms with van der Waals surface area (Å²) < 4.78 is 17.1. The lowest BCUT2D eigenvalue weighted by Gasteiger charge is -2.19. The smallest absolute Gasteiger partial charge is 0.261 e. The van der Waals surface area contributed by atoms with E-state index in [1.165, 1.54) is 0 Å². The summed E-state index contributed by atoms with van der Waals surface area (Å²) in [5, 5.41) is 2.96. The van der Waals surface area contributed by atoms with Gasteiger partial charge in [0, 0.05) is 6.54 Å². The minimum Gasteiger partial charge on any atom is -0.493 e. The average molecular weight is 386 g/mol. The summed E-state index contributed by atoms with van der Waals surface area (Å²) in [5.41, 5.74) is 3.05. The first-order valence-electron chi connectivity index (χ1n) is 9.69. The van der Waals surface area contributed by atoms with E-state index in [0.717, 1.165) is 22.4 Å². The largest absolute Gasteiger partial charge is 0.493 e. The second kappa shape index (κ2) is 10.0. The van der Waals surface area contributed by atoms with Crippen LogP contribution in [-0.2, 0) is 11.3 Å². The number of carbonyl (C=O) groups excluding carboxylic acids is 1. The van der Waals surface area contributed by atoms with E-state index < -0.39 is 6.10 Å². The van der Waals surface area contributed by atoms with E-state index >= 15 is 0 Å². The highest BCUT2D eigenvalue weighted by Gasteiger charge is 2.19. The van der Waals surface area contributed by atoms with Crippen LogP contribution in [0, 0.1) is 13.8 Å². The van der Waals surface area contributed by atoms with E-state index in [1.54, 1.807) is 7.11 Å². The molecule has 1 N–H and O–H groups in total. The molecule has 152 valence electrons. The third kappa shape index (κ3) is 5.91. The van der Waals surface area contributed by atoms with Gasteiger partial charge in [-0.2, -0.15) is 0 Å². The molecular formula is C23H31NO4. The molecule has 0 unspecified atom stereocenters. The van der Waals surface area contributed by atoms with Gasteiger partial charge in [0.1, 0.15) is 5.75 Å². The summed E-state index contributed by atoms with van der Waals surface area (Å²) in [6.07, 6.45) is 0.113. The van der Waals surface area contributed by atoms with Gasteiger partial charge in [-0.1, -0.05) is 25.1 Å². The highest BCUT2D eigenvalue weighted by atomic mass is 16.5. The van der Waals surface area contributed by atoms with Crippen molar-refractivity contribution in [2.75, 3.05) is 7.11 Å². The molecule has 0 aliphatic carbocycles. The molecule has 0 spiro atoms. The number of hydrogen-bond donors (Lipinski definition) is 1. The molecule has 2 rings (SSSR count). The zero-order valence-corrected chi connectivity index (χ0v) is 17.7. The van der Waals surface area contributed by atoms with Crippen molar-refractivity contribution < 1.29 is 19.0 Å². The van der Waals surface area contributed by atoms with E-state index in [0.29, 0.717) is 24.5 Å². The van der Waals surface area contributed by atoms with Gasteiger partial charge in [0.2, 0.25) is 0 Å². The van der Waals surface area contributed by atoms with Crippen LogP contribution < -0.4 is 19.5 Å². The summed E-state index contributed by atoms with van der Waals surface area (Å²) in [6, 6.07) is 11.7. The Labute approximate surface area is 168 Å². The van der Waals surface area contributed by atoms with Crippen molar-refractivity contribution in [2.45, 2.75) is 59.8 Å². The zero-order chi connectivity index (χ0) is 20.7. The predicted molar refractivity (Wildman–Crippen MR) is 111 cm³/mol. The van der Waals surface area contributed by atoms with Gasteiger partial charge in [0.15, 0.2) is 17.6 Å². The van der Waals surface area contributed by atoms with Crippen molar-refractivity contribution in [3.05, 3.63) is 53.1 Å². The lowest BCUT2D eigenvalue weighted by Crippen LogP contribution is -2.37. The van der Waals surface area contributed by atoms with Crippen LogP contribution in [-0.4, -0.2) is 25.2 Å². The Balaban J connectivity index is 2.02. The van der Waals surface area contributed by atoms with Crippen LogP contribution in [0.2, 0.25) is 0 Å². The SMILES string of the molecule is CC[C@@H](Oc1cc(C)ccc1C)C(=O)NCc1ccc(OC(C)C)c(OC)c1. The summed E-state index contributed by atoms with van der Waals surface area (Å²) in [4.78, 5) is 12.6. The van der Waals surface area contributed by atoms with Gasteiger partial charge < -0.3 is 19.5 Å². The maximum atomic E-state index is 12.6. The molecule has 0 aliphatic rings. The maximum Gasteiger partial charge on any atom is 0.261 e. The monoisotopic (exact) mass is 385 g/mol. The minimum atomic E-state index is -0.536. The quantitative estimate of drug-likeness (QED) is 0.687. The predicted octanol–water partition coefficient (Wildman–Crippen LogP) is 4.57. The van der Waals surface area contributed by atoms with Crippen molar-refractivity contribution in [3.63, 3.8) is 0 Å². The number of ether oxygens (including phenoxy) is 3. The number of aryl methyl sites for hydroxylation is 2. The van der Waals surface area contributed by atoms with Crippen LogP contribution in [0.4, 0.5) is 0 Å². The molecule has 0 aromatic heterocycles. The highest BCUT2D eigenvalue weighted by Crippen LogP contribution is 2.29. The summed E-state index contributed by atoms with van der Waals surface area (Å²) in [7, 11) is 1.61. The number of hydrogen-bond acceptors (Lipinski definition) is 4. The first kappa shape index (κ1) is 21.6. The van der Waals surface area contributed by atoms with Gasteiger partial charge >= 0.3 is 0 Å². The van der Waals surface area contributed by atoms with Crippen LogP contribution >= 0.6 is 0 Å². The van der Waals surface area contributed by atoms with Crippen molar-refractivity contribution in [1.29, 1.82) is 0 Å². The number of benzene rings is 2. The molecule has 5 nitrogen and oxygen atoms in total. The van der Waals surface area contributed by atoms with Gasteiger partial charge in [-0.3, -0.25) is 4.79 Å². The molecule has 0 radical (unpaired) electrons. The van der Waals surface area contributed by atoms with E-state index in [-0.39, 0.29) is 12.0 Å². The molecular weight excluding hydrogens is 354 g/mol. The first-order valence-corrected chi connectivity index (χ1v) is 9.69. The molecule has 0 aliphatic heterocycles. The fourth-order valence-corrected chi connectivity index (χ4v) is 2.79.